The summed E-state index contributed by atoms with van der Waals surface area (Å²) in [6.45, 7) is 4.07. The summed E-state index contributed by atoms with van der Waals surface area (Å²) in [5.41, 5.74) is 0. The van der Waals surface area contributed by atoms with E-state index in [1.165, 1.54) is 4.90 Å². The third-order valence-corrected chi connectivity index (χ3v) is 2.73. The van der Waals surface area contributed by atoms with E-state index in [0.29, 0.717) is 26.2 Å². The first-order valence-electron chi connectivity index (χ1n) is 5.44. The Hall–Kier alpha value is -0.750. The highest BCUT2D eigenvalue weighted by atomic mass is 19.3. The largest absolute Gasteiger partial charge is 0.335 e. The zero-order valence-electron chi connectivity index (χ0n) is 9.83. The van der Waals surface area contributed by atoms with Gasteiger partial charge >= 0.3 is 6.43 Å². The Bertz CT molecular complexity index is 228. The van der Waals surface area contributed by atoms with Gasteiger partial charge in [0, 0.05) is 39.3 Å². The highest BCUT2D eigenvalue weighted by Gasteiger charge is 2.26. The Kier molecular flexibility index (Phi) is 5.08. The minimum Gasteiger partial charge on any atom is -0.335 e. The zero-order chi connectivity index (χ0) is 12.1. The first kappa shape index (κ1) is 13.3. The minimum atomic E-state index is -2.87. The summed E-state index contributed by atoms with van der Waals surface area (Å²) in [4.78, 5) is 16.5. The van der Waals surface area contributed by atoms with E-state index in [4.69, 9.17) is 0 Å². The van der Waals surface area contributed by atoms with Gasteiger partial charge < -0.3 is 9.80 Å². The van der Waals surface area contributed by atoms with Gasteiger partial charge in [-0.15, -0.1) is 0 Å². The summed E-state index contributed by atoms with van der Waals surface area (Å²) < 4.78 is 24.3. The molecule has 0 atom stereocenters. The topological polar surface area (TPSA) is 26.8 Å². The van der Waals surface area contributed by atoms with E-state index < -0.39 is 12.3 Å². The molecule has 0 radical (unpaired) electrons. The second-order valence-corrected chi connectivity index (χ2v) is 4.27. The van der Waals surface area contributed by atoms with Crippen molar-refractivity contribution in [3.63, 3.8) is 0 Å². The van der Waals surface area contributed by atoms with Crippen molar-refractivity contribution in [2.45, 2.75) is 6.43 Å². The Labute approximate surface area is 94.8 Å². The fourth-order valence-electron chi connectivity index (χ4n) is 1.67. The second-order valence-electron chi connectivity index (χ2n) is 4.27. The zero-order valence-corrected chi connectivity index (χ0v) is 9.83. The van der Waals surface area contributed by atoms with Crippen molar-refractivity contribution < 1.29 is 13.6 Å². The van der Waals surface area contributed by atoms with Crippen LogP contribution in [0, 0.1) is 0 Å². The molecular formula is C10H19F2N3O. The summed E-state index contributed by atoms with van der Waals surface area (Å²) in [6, 6.07) is 0. The Balaban J connectivity index is 2.26. The van der Waals surface area contributed by atoms with Gasteiger partial charge in [0.2, 0.25) is 0 Å². The molecule has 0 aromatic carbocycles. The van der Waals surface area contributed by atoms with Gasteiger partial charge in [-0.3, -0.25) is 9.69 Å². The molecule has 0 saturated carbocycles. The summed E-state index contributed by atoms with van der Waals surface area (Å²) in [6.07, 6.45) is -2.87. The minimum absolute atomic E-state index is 0.413. The first-order valence-corrected chi connectivity index (χ1v) is 5.44. The molecule has 1 fully saturated rings. The molecule has 0 unspecified atom stereocenters. The number of amides is 1. The maximum Gasteiger partial charge on any atom is 0.315 e. The van der Waals surface area contributed by atoms with Gasteiger partial charge in [-0.2, -0.15) is 8.78 Å². The Morgan fingerprint density at radius 1 is 1.25 bits per heavy atom. The number of likely N-dealkylation sites (N-methyl/N-ethyl adjacent to an activating group) is 1. The van der Waals surface area contributed by atoms with Crippen LogP contribution < -0.4 is 0 Å². The third-order valence-electron chi connectivity index (χ3n) is 2.73. The number of carbonyl (C=O) groups is 1. The lowest BCUT2D eigenvalue weighted by atomic mass is 10.3. The predicted molar refractivity (Wildman–Crippen MR) is 57.6 cm³/mol. The molecule has 94 valence electrons. The second kappa shape index (κ2) is 6.10. The summed E-state index contributed by atoms with van der Waals surface area (Å²) in [7, 11) is 3.99. The molecule has 1 aliphatic heterocycles. The van der Waals surface area contributed by atoms with Crippen LogP contribution in [0.2, 0.25) is 0 Å². The normalized spacial score (nSPS) is 18.5. The summed E-state index contributed by atoms with van der Waals surface area (Å²) >= 11 is 0. The van der Waals surface area contributed by atoms with Crippen LogP contribution >= 0.6 is 0 Å². The van der Waals surface area contributed by atoms with Crippen LogP contribution in [0.25, 0.3) is 0 Å². The van der Waals surface area contributed by atoms with Gasteiger partial charge in [-0.1, -0.05) is 0 Å². The van der Waals surface area contributed by atoms with Gasteiger partial charge in [0.1, 0.15) is 0 Å². The maximum absolute atomic E-state index is 12.2. The SMILES string of the molecule is CN(C)CCN1CCN(C(=O)C(F)F)CC1. The molecule has 1 amide bonds. The number of piperazine rings is 1. The van der Waals surface area contributed by atoms with E-state index in [9.17, 15) is 13.6 Å². The number of nitrogens with zero attached hydrogens (tertiary/aromatic N) is 3. The van der Waals surface area contributed by atoms with Crippen molar-refractivity contribution in [2.75, 3.05) is 53.4 Å². The molecule has 6 heteroatoms. The lowest BCUT2D eigenvalue weighted by Gasteiger charge is -2.34. The molecule has 0 aromatic rings. The van der Waals surface area contributed by atoms with E-state index in [1.54, 1.807) is 0 Å². The number of halogens is 2. The average Bonchev–Trinajstić information content (AvgIpc) is 2.26. The molecule has 4 nitrogen and oxygen atoms in total. The van der Waals surface area contributed by atoms with Crippen molar-refractivity contribution in [3.8, 4) is 0 Å². The molecule has 0 bridgehead atoms. The smallest absolute Gasteiger partial charge is 0.315 e. The van der Waals surface area contributed by atoms with Crippen LogP contribution in [-0.2, 0) is 4.79 Å². The molecule has 1 saturated heterocycles. The molecule has 0 aromatic heterocycles. The van der Waals surface area contributed by atoms with Gasteiger partial charge in [0.25, 0.3) is 5.91 Å². The van der Waals surface area contributed by atoms with Gasteiger partial charge in [-0.05, 0) is 14.1 Å². The van der Waals surface area contributed by atoms with Crippen LogP contribution in [0.1, 0.15) is 0 Å². The number of hydrogen-bond donors (Lipinski definition) is 0. The summed E-state index contributed by atoms with van der Waals surface area (Å²) in [5.74, 6) is -1.03. The highest BCUT2D eigenvalue weighted by Crippen LogP contribution is 2.06. The van der Waals surface area contributed by atoms with Crippen molar-refractivity contribution in [2.24, 2.45) is 0 Å². The molecule has 1 rings (SSSR count). The molecule has 16 heavy (non-hydrogen) atoms. The standard InChI is InChI=1S/C10H19F2N3O/c1-13(2)3-4-14-5-7-15(8-6-14)10(16)9(11)12/h9H,3-8H2,1-2H3. The van der Waals surface area contributed by atoms with Crippen LogP contribution in [0.4, 0.5) is 8.78 Å². The average molecular weight is 235 g/mol. The predicted octanol–water partition coefficient (Wildman–Crippen LogP) is -0.0427. The number of rotatable bonds is 4. The molecule has 1 aliphatic rings. The molecule has 0 aliphatic carbocycles. The van der Waals surface area contributed by atoms with Crippen molar-refractivity contribution >= 4 is 5.91 Å². The van der Waals surface area contributed by atoms with E-state index in [2.05, 4.69) is 9.80 Å². The maximum atomic E-state index is 12.2. The Morgan fingerprint density at radius 2 is 1.81 bits per heavy atom. The van der Waals surface area contributed by atoms with E-state index in [1.807, 2.05) is 14.1 Å². The van der Waals surface area contributed by atoms with Crippen LogP contribution in [0.15, 0.2) is 0 Å². The van der Waals surface area contributed by atoms with Crippen LogP contribution in [0.3, 0.4) is 0 Å². The molecular weight excluding hydrogens is 216 g/mol. The monoisotopic (exact) mass is 235 g/mol. The quantitative estimate of drug-likeness (QED) is 0.684. The molecule has 1 heterocycles. The van der Waals surface area contributed by atoms with Crippen molar-refractivity contribution in [1.82, 2.24) is 14.7 Å². The lowest BCUT2D eigenvalue weighted by molar-refractivity contribution is -0.144. The van der Waals surface area contributed by atoms with E-state index in [0.717, 1.165) is 13.1 Å². The number of alkyl halides is 2. The first-order chi connectivity index (χ1) is 7.50. The lowest BCUT2D eigenvalue weighted by Crippen LogP contribution is -2.51. The van der Waals surface area contributed by atoms with Gasteiger partial charge in [-0.25, -0.2) is 0 Å². The van der Waals surface area contributed by atoms with Gasteiger partial charge in [0.15, 0.2) is 0 Å². The fourth-order valence-corrected chi connectivity index (χ4v) is 1.67. The van der Waals surface area contributed by atoms with Crippen LogP contribution in [-0.4, -0.2) is 80.4 Å². The number of hydrogen-bond acceptors (Lipinski definition) is 3. The molecule has 0 spiro atoms. The van der Waals surface area contributed by atoms with Crippen LogP contribution in [0.5, 0.6) is 0 Å². The van der Waals surface area contributed by atoms with Gasteiger partial charge in [0.05, 0.1) is 0 Å². The highest BCUT2D eigenvalue weighted by molar-refractivity contribution is 5.79. The van der Waals surface area contributed by atoms with Crippen molar-refractivity contribution in [1.29, 1.82) is 0 Å². The molecule has 0 N–H and O–H groups in total. The van der Waals surface area contributed by atoms with E-state index in [-0.39, 0.29) is 0 Å². The number of carbonyl (C=O) groups excluding carboxylic acids is 1. The van der Waals surface area contributed by atoms with E-state index >= 15 is 0 Å². The fraction of sp³-hybridized carbons (Fsp3) is 0.900. The Morgan fingerprint density at radius 3 is 2.25 bits per heavy atom. The summed E-state index contributed by atoms with van der Waals surface area (Å²) in [5, 5.41) is 0. The van der Waals surface area contributed by atoms with Crippen molar-refractivity contribution in [3.05, 3.63) is 0 Å². The third kappa shape index (κ3) is 4.02.